The van der Waals surface area contributed by atoms with Crippen LogP contribution in [0.4, 0.5) is 0 Å². The molecule has 1 amide bonds. The zero-order valence-corrected chi connectivity index (χ0v) is 13.7. The average Bonchev–Trinajstić information content (AvgIpc) is 2.76. The molecule has 0 radical (unpaired) electrons. The quantitative estimate of drug-likeness (QED) is 0.868. The van der Waals surface area contributed by atoms with Gasteiger partial charge in [0.25, 0.3) is 0 Å². The smallest absolute Gasteiger partial charge is 0.245 e. The molecule has 116 valence electrons. The molecule has 1 heterocycles. The SMILES string of the molecule is CCC(C)CN1C(=O)C(c2ccccc2)NC1CC(C)C. The molecule has 3 nitrogen and oxygen atoms in total. The van der Waals surface area contributed by atoms with Gasteiger partial charge in [-0.2, -0.15) is 0 Å². The van der Waals surface area contributed by atoms with Crippen LogP contribution in [-0.2, 0) is 4.79 Å². The van der Waals surface area contributed by atoms with Crippen LogP contribution in [-0.4, -0.2) is 23.5 Å². The van der Waals surface area contributed by atoms with E-state index in [1.807, 2.05) is 30.3 Å². The van der Waals surface area contributed by atoms with Crippen molar-refractivity contribution < 1.29 is 4.79 Å². The van der Waals surface area contributed by atoms with E-state index in [0.29, 0.717) is 11.8 Å². The van der Waals surface area contributed by atoms with Gasteiger partial charge in [0.1, 0.15) is 6.04 Å². The molecule has 0 aliphatic carbocycles. The summed E-state index contributed by atoms with van der Waals surface area (Å²) < 4.78 is 0. The maximum Gasteiger partial charge on any atom is 0.245 e. The van der Waals surface area contributed by atoms with E-state index in [1.54, 1.807) is 0 Å². The third-order valence-electron chi connectivity index (χ3n) is 4.30. The molecule has 0 saturated carbocycles. The third-order valence-corrected chi connectivity index (χ3v) is 4.30. The van der Waals surface area contributed by atoms with E-state index in [2.05, 4.69) is 37.9 Å². The monoisotopic (exact) mass is 288 g/mol. The summed E-state index contributed by atoms with van der Waals surface area (Å²) in [6.45, 7) is 9.68. The number of hydrogen-bond donors (Lipinski definition) is 1. The lowest BCUT2D eigenvalue weighted by Gasteiger charge is -2.27. The highest BCUT2D eigenvalue weighted by molar-refractivity contribution is 5.85. The van der Waals surface area contributed by atoms with Crippen LogP contribution in [0.3, 0.4) is 0 Å². The predicted molar refractivity (Wildman–Crippen MR) is 86.7 cm³/mol. The van der Waals surface area contributed by atoms with E-state index < -0.39 is 0 Å². The highest BCUT2D eigenvalue weighted by Crippen LogP contribution is 2.28. The van der Waals surface area contributed by atoms with E-state index in [4.69, 9.17) is 0 Å². The Balaban J connectivity index is 2.18. The van der Waals surface area contributed by atoms with Gasteiger partial charge in [-0.1, -0.05) is 64.4 Å². The molecule has 3 atom stereocenters. The summed E-state index contributed by atoms with van der Waals surface area (Å²) in [5.41, 5.74) is 1.07. The molecule has 1 aliphatic rings. The molecule has 0 bridgehead atoms. The molecule has 1 fully saturated rings. The first kappa shape index (κ1) is 16.0. The van der Waals surface area contributed by atoms with Gasteiger partial charge >= 0.3 is 0 Å². The summed E-state index contributed by atoms with van der Waals surface area (Å²) in [6.07, 6.45) is 2.27. The Hall–Kier alpha value is -1.35. The van der Waals surface area contributed by atoms with Gasteiger partial charge in [0.2, 0.25) is 5.91 Å². The first-order chi connectivity index (χ1) is 10.0. The molecule has 3 heteroatoms. The van der Waals surface area contributed by atoms with Crippen molar-refractivity contribution in [3.8, 4) is 0 Å². The lowest BCUT2D eigenvalue weighted by atomic mass is 10.1. The van der Waals surface area contributed by atoms with E-state index >= 15 is 0 Å². The van der Waals surface area contributed by atoms with Crippen molar-refractivity contribution in [1.29, 1.82) is 0 Å². The van der Waals surface area contributed by atoms with Gasteiger partial charge in [0.05, 0.1) is 6.17 Å². The van der Waals surface area contributed by atoms with Crippen molar-refractivity contribution in [2.24, 2.45) is 11.8 Å². The average molecular weight is 288 g/mol. The van der Waals surface area contributed by atoms with Gasteiger partial charge in [-0.3, -0.25) is 10.1 Å². The standard InChI is InChI=1S/C18H28N2O/c1-5-14(4)12-20-16(11-13(2)3)19-17(18(20)21)15-9-7-6-8-10-15/h6-10,13-14,16-17,19H,5,11-12H2,1-4H3. The summed E-state index contributed by atoms with van der Waals surface area (Å²) in [5.74, 6) is 1.34. The normalized spacial score (nSPS) is 23.9. The molecule has 1 saturated heterocycles. The maximum atomic E-state index is 12.8. The second kappa shape index (κ2) is 7.08. The maximum absolute atomic E-state index is 12.8. The molecule has 0 spiro atoms. The Morgan fingerprint density at radius 1 is 1.19 bits per heavy atom. The van der Waals surface area contributed by atoms with Crippen LogP contribution in [0.5, 0.6) is 0 Å². The number of nitrogens with zero attached hydrogens (tertiary/aromatic N) is 1. The highest BCUT2D eigenvalue weighted by Gasteiger charge is 2.39. The zero-order chi connectivity index (χ0) is 15.4. The molecule has 21 heavy (non-hydrogen) atoms. The molecule has 1 aliphatic heterocycles. The van der Waals surface area contributed by atoms with Crippen molar-refractivity contribution in [3.63, 3.8) is 0 Å². The lowest BCUT2D eigenvalue weighted by molar-refractivity contribution is -0.130. The molecule has 2 rings (SSSR count). The first-order valence-electron chi connectivity index (χ1n) is 8.14. The van der Waals surface area contributed by atoms with Crippen LogP contribution in [0.15, 0.2) is 30.3 Å². The van der Waals surface area contributed by atoms with Crippen LogP contribution in [0.2, 0.25) is 0 Å². The summed E-state index contributed by atoms with van der Waals surface area (Å²) in [4.78, 5) is 14.9. The molecule has 1 N–H and O–H groups in total. The molecular weight excluding hydrogens is 260 g/mol. The number of benzene rings is 1. The summed E-state index contributed by atoms with van der Waals surface area (Å²) in [7, 11) is 0. The van der Waals surface area contributed by atoms with E-state index in [0.717, 1.165) is 24.9 Å². The number of rotatable bonds is 6. The van der Waals surface area contributed by atoms with Crippen LogP contribution in [0, 0.1) is 11.8 Å². The predicted octanol–water partition coefficient (Wildman–Crippen LogP) is 3.58. The van der Waals surface area contributed by atoms with Gasteiger partial charge in [-0.15, -0.1) is 0 Å². The Morgan fingerprint density at radius 2 is 1.86 bits per heavy atom. The molecule has 3 unspecified atom stereocenters. The van der Waals surface area contributed by atoms with Crippen molar-refractivity contribution in [2.45, 2.75) is 52.7 Å². The lowest BCUT2D eigenvalue weighted by Crippen LogP contribution is -2.40. The fraction of sp³-hybridized carbons (Fsp3) is 0.611. The Kier molecular flexibility index (Phi) is 5.40. The summed E-state index contributed by atoms with van der Waals surface area (Å²) >= 11 is 0. The Bertz CT molecular complexity index is 458. The Labute approximate surface area is 128 Å². The fourth-order valence-corrected chi connectivity index (χ4v) is 2.88. The first-order valence-corrected chi connectivity index (χ1v) is 8.14. The second-order valence-electron chi connectivity index (χ2n) is 6.66. The van der Waals surface area contributed by atoms with Crippen molar-refractivity contribution in [2.75, 3.05) is 6.54 Å². The molecule has 1 aromatic rings. The van der Waals surface area contributed by atoms with E-state index in [-0.39, 0.29) is 18.1 Å². The number of amides is 1. The topological polar surface area (TPSA) is 32.3 Å². The van der Waals surface area contributed by atoms with Crippen LogP contribution in [0.1, 0.15) is 52.1 Å². The number of hydrogen-bond acceptors (Lipinski definition) is 2. The summed E-state index contributed by atoms with van der Waals surface area (Å²) in [5, 5.41) is 3.54. The van der Waals surface area contributed by atoms with Gasteiger partial charge < -0.3 is 4.90 Å². The largest absolute Gasteiger partial charge is 0.325 e. The zero-order valence-electron chi connectivity index (χ0n) is 13.7. The van der Waals surface area contributed by atoms with Gasteiger partial charge in [-0.25, -0.2) is 0 Å². The van der Waals surface area contributed by atoms with E-state index in [9.17, 15) is 4.79 Å². The second-order valence-corrected chi connectivity index (χ2v) is 6.66. The minimum atomic E-state index is -0.181. The highest BCUT2D eigenvalue weighted by atomic mass is 16.2. The number of carbonyl (C=O) groups is 1. The van der Waals surface area contributed by atoms with Gasteiger partial charge in [-0.05, 0) is 23.8 Å². The Morgan fingerprint density at radius 3 is 2.43 bits per heavy atom. The minimum absolute atomic E-state index is 0.164. The minimum Gasteiger partial charge on any atom is -0.325 e. The van der Waals surface area contributed by atoms with Gasteiger partial charge in [0.15, 0.2) is 0 Å². The van der Waals surface area contributed by atoms with Crippen molar-refractivity contribution in [1.82, 2.24) is 10.2 Å². The molecule has 1 aromatic carbocycles. The van der Waals surface area contributed by atoms with Crippen molar-refractivity contribution >= 4 is 5.91 Å². The third kappa shape index (κ3) is 3.85. The molecular formula is C18H28N2O. The number of nitrogens with one attached hydrogen (secondary N) is 1. The fourth-order valence-electron chi connectivity index (χ4n) is 2.88. The van der Waals surface area contributed by atoms with Crippen LogP contribution < -0.4 is 5.32 Å². The van der Waals surface area contributed by atoms with E-state index in [1.165, 1.54) is 0 Å². The summed E-state index contributed by atoms with van der Waals surface area (Å²) in [6, 6.07) is 9.88. The number of carbonyl (C=O) groups excluding carboxylic acids is 1. The van der Waals surface area contributed by atoms with Crippen molar-refractivity contribution in [3.05, 3.63) is 35.9 Å². The van der Waals surface area contributed by atoms with Gasteiger partial charge in [0, 0.05) is 6.54 Å². The molecule has 0 aromatic heterocycles. The van der Waals surface area contributed by atoms with Crippen LogP contribution in [0.25, 0.3) is 0 Å². The van der Waals surface area contributed by atoms with Crippen LogP contribution >= 0.6 is 0 Å².